The van der Waals surface area contributed by atoms with E-state index in [1.54, 1.807) is 16.7 Å². The van der Waals surface area contributed by atoms with E-state index in [0.29, 0.717) is 29.1 Å². The van der Waals surface area contributed by atoms with Crippen molar-refractivity contribution >= 4 is 22.8 Å². The minimum absolute atomic E-state index is 0.0713. The summed E-state index contributed by atoms with van der Waals surface area (Å²) in [7, 11) is 1.45. The van der Waals surface area contributed by atoms with Gasteiger partial charge in [0.25, 0.3) is 5.95 Å². The van der Waals surface area contributed by atoms with Crippen LogP contribution >= 0.6 is 0 Å². The summed E-state index contributed by atoms with van der Waals surface area (Å²) in [5, 5.41) is 21.1. The molecule has 146 valence electrons. The fourth-order valence-corrected chi connectivity index (χ4v) is 2.99. The van der Waals surface area contributed by atoms with E-state index in [4.69, 9.17) is 4.74 Å². The number of fused-ring (bicyclic) bond motifs is 1. The monoisotopic (exact) mass is 390 g/mol. The van der Waals surface area contributed by atoms with Gasteiger partial charge in [0.05, 0.1) is 18.2 Å². The molecule has 0 fully saturated rings. The van der Waals surface area contributed by atoms with Crippen LogP contribution < -0.4 is 10.1 Å². The van der Waals surface area contributed by atoms with Gasteiger partial charge in [0.15, 0.2) is 5.82 Å². The van der Waals surface area contributed by atoms with Crippen LogP contribution in [0.25, 0.3) is 17.0 Å². The molecule has 29 heavy (non-hydrogen) atoms. The molecule has 9 nitrogen and oxygen atoms in total. The number of aryl methyl sites for hydroxylation is 1. The second kappa shape index (κ2) is 7.55. The van der Waals surface area contributed by atoms with Crippen molar-refractivity contribution in [3.63, 3.8) is 0 Å². The number of carboxylic acid groups (broad SMARTS) is 1. The third-order valence-electron chi connectivity index (χ3n) is 4.41. The molecule has 0 aliphatic heterocycles. The van der Waals surface area contributed by atoms with Crippen LogP contribution in [0.5, 0.6) is 6.01 Å². The number of anilines is 1. The van der Waals surface area contributed by atoms with Gasteiger partial charge < -0.3 is 15.2 Å². The molecule has 9 heteroatoms. The van der Waals surface area contributed by atoms with E-state index in [1.165, 1.54) is 13.2 Å². The number of ether oxygens (including phenoxy) is 1. The number of nitrogens with zero attached hydrogens (tertiary/aromatic N) is 5. The molecule has 2 heterocycles. The predicted molar refractivity (Wildman–Crippen MR) is 106 cm³/mol. The first-order valence-corrected chi connectivity index (χ1v) is 8.86. The number of nitrogens with one attached hydrogen (secondary N) is 1. The van der Waals surface area contributed by atoms with E-state index in [2.05, 4.69) is 25.5 Å². The second-order valence-corrected chi connectivity index (χ2v) is 6.30. The number of imidazole rings is 1. The molecule has 0 bridgehead atoms. The Morgan fingerprint density at radius 2 is 1.90 bits per heavy atom. The zero-order chi connectivity index (χ0) is 20.4. The number of hydrogen-bond donors (Lipinski definition) is 2. The number of methoxy groups -OCH3 is 1. The molecule has 2 N–H and O–H groups in total. The standard InChI is InChI=1S/C20H18N6O3/c1-12-17(21-11-13-7-4-3-5-8-13)23-19(25-24-12)26-15-10-6-9-14(18(27)28)16(15)22-20(26)29-2/h3-10H,11H2,1-2H3,(H,27,28)(H,21,23,25). The van der Waals surface area contributed by atoms with Crippen molar-refractivity contribution in [2.24, 2.45) is 0 Å². The SMILES string of the molecule is COc1nc2c(C(=O)O)cccc2n1-c1nnc(C)c(NCc2ccccc2)n1. The summed E-state index contributed by atoms with van der Waals surface area (Å²) in [4.78, 5) is 20.4. The van der Waals surface area contributed by atoms with E-state index >= 15 is 0 Å². The van der Waals surface area contributed by atoms with E-state index in [-0.39, 0.29) is 17.5 Å². The molecule has 0 saturated heterocycles. The Hall–Kier alpha value is -4.01. The van der Waals surface area contributed by atoms with Crippen molar-refractivity contribution < 1.29 is 14.6 Å². The molecule has 4 rings (SSSR count). The normalized spacial score (nSPS) is 10.8. The van der Waals surface area contributed by atoms with Crippen LogP contribution in [0.2, 0.25) is 0 Å². The van der Waals surface area contributed by atoms with E-state index < -0.39 is 5.97 Å². The Balaban J connectivity index is 1.78. The summed E-state index contributed by atoms with van der Waals surface area (Å²) >= 11 is 0. The molecular weight excluding hydrogens is 372 g/mol. The van der Waals surface area contributed by atoms with Crippen molar-refractivity contribution in [3.05, 3.63) is 65.4 Å². The van der Waals surface area contributed by atoms with Gasteiger partial charge in [0.1, 0.15) is 11.2 Å². The van der Waals surface area contributed by atoms with Gasteiger partial charge in [-0.2, -0.15) is 9.97 Å². The summed E-state index contributed by atoms with van der Waals surface area (Å²) < 4.78 is 6.89. The summed E-state index contributed by atoms with van der Waals surface area (Å²) in [5.41, 5.74) is 2.62. The highest BCUT2D eigenvalue weighted by Gasteiger charge is 2.21. The van der Waals surface area contributed by atoms with Gasteiger partial charge in [-0.3, -0.25) is 0 Å². The van der Waals surface area contributed by atoms with Crippen molar-refractivity contribution in [3.8, 4) is 12.0 Å². The van der Waals surface area contributed by atoms with E-state index in [0.717, 1.165) is 5.56 Å². The summed E-state index contributed by atoms with van der Waals surface area (Å²) in [6.45, 7) is 2.38. The molecule has 0 amide bonds. The van der Waals surface area contributed by atoms with Crippen molar-refractivity contribution in [2.45, 2.75) is 13.5 Å². The maximum atomic E-state index is 11.5. The quantitative estimate of drug-likeness (QED) is 0.516. The van der Waals surface area contributed by atoms with Crippen molar-refractivity contribution in [2.75, 3.05) is 12.4 Å². The lowest BCUT2D eigenvalue weighted by Crippen LogP contribution is -2.11. The topological polar surface area (TPSA) is 115 Å². The zero-order valence-corrected chi connectivity index (χ0v) is 15.8. The summed E-state index contributed by atoms with van der Waals surface area (Å²) in [5.74, 6) is -0.277. The lowest BCUT2D eigenvalue weighted by atomic mass is 10.2. The van der Waals surface area contributed by atoms with Gasteiger partial charge >= 0.3 is 12.0 Å². The molecule has 0 spiro atoms. The molecule has 4 aromatic rings. The lowest BCUT2D eigenvalue weighted by molar-refractivity contribution is 0.0699. The molecule has 2 aromatic carbocycles. The Kier molecular flexibility index (Phi) is 4.78. The highest BCUT2D eigenvalue weighted by Crippen LogP contribution is 2.27. The van der Waals surface area contributed by atoms with Gasteiger partial charge in [-0.25, -0.2) is 9.36 Å². The van der Waals surface area contributed by atoms with Crippen LogP contribution in [0.15, 0.2) is 48.5 Å². The van der Waals surface area contributed by atoms with Gasteiger partial charge in [0, 0.05) is 6.54 Å². The average molecular weight is 390 g/mol. The number of rotatable bonds is 6. The average Bonchev–Trinajstić information content (AvgIpc) is 3.12. The first-order valence-electron chi connectivity index (χ1n) is 8.86. The fourth-order valence-electron chi connectivity index (χ4n) is 2.99. The summed E-state index contributed by atoms with van der Waals surface area (Å²) in [6, 6.07) is 15.0. The van der Waals surface area contributed by atoms with Crippen LogP contribution in [0, 0.1) is 6.92 Å². The highest BCUT2D eigenvalue weighted by molar-refractivity contribution is 6.01. The fraction of sp³-hybridized carbons (Fsp3) is 0.150. The number of aromatic nitrogens is 5. The maximum Gasteiger partial charge on any atom is 0.337 e. The first kappa shape index (κ1) is 18.4. The largest absolute Gasteiger partial charge is 0.478 e. The zero-order valence-electron chi connectivity index (χ0n) is 15.8. The number of hydrogen-bond acceptors (Lipinski definition) is 7. The molecule has 0 aliphatic carbocycles. The Morgan fingerprint density at radius 3 is 2.62 bits per heavy atom. The third kappa shape index (κ3) is 3.45. The van der Waals surface area contributed by atoms with Gasteiger partial charge in [-0.1, -0.05) is 36.4 Å². The number of benzene rings is 2. The summed E-state index contributed by atoms with van der Waals surface area (Å²) in [6.07, 6.45) is 0. The van der Waals surface area contributed by atoms with Gasteiger partial charge in [-0.15, -0.1) is 10.2 Å². The Labute approximate surface area is 166 Å². The third-order valence-corrected chi connectivity index (χ3v) is 4.41. The number of carboxylic acids is 1. The number of para-hydroxylation sites is 1. The molecular formula is C20H18N6O3. The Morgan fingerprint density at radius 1 is 1.10 bits per heavy atom. The number of aromatic carboxylic acids is 1. The van der Waals surface area contributed by atoms with E-state index in [1.807, 2.05) is 37.3 Å². The maximum absolute atomic E-state index is 11.5. The smallest absolute Gasteiger partial charge is 0.337 e. The molecule has 0 atom stereocenters. The first-order chi connectivity index (χ1) is 14.1. The molecule has 0 aliphatic rings. The van der Waals surface area contributed by atoms with Crippen LogP contribution in [0.3, 0.4) is 0 Å². The van der Waals surface area contributed by atoms with Crippen LogP contribution in [-0.2, 0) is 6.54 Å². The second-order valence-electron chi connectivity index (χ2n) is 6.30. The van der Waals surface area contributed by atoms with Gasteiger partial charge in [0.2, 0.25) is 0 Å². The molecule has 0 unspecified atom stereocenters. The molecule has 0 radical (unpaired) electrons. The van der Waals surface area contributed by atoms with Crippen molar-refractivity contribution in [1.82, 2.24) is 24.7 Å². The van der Waals surface area contributed by atoms with Crippen LogP contribution in [-0.4, -0.2) is 42.9 Å². The predicted octanol–water partition coefficient (Wildman–Crippen LogP) is 2.84. The van der Waals surface area contributed by atoms with Crippen LogP contribution in [0.4, 0.5) is 5.82 Å². The van der Waals surface area contributed by atoms with Crippen LogP contribution in [0.1, 0.15) is 21.6 Å². The Bertz CT molecular complexity index is 1190. The molecule has 0 saturated carbocycles. The number of carbonyl (C=O) groups is 1. The van der Waals surface area contributed by atoms with Crippen molar-refractivity contribution in [1.29, 1.82) is 0 Å². The minimum atomic E-state index is -1.07. The lowest BCUT2D eigenvalue weighted by Gasteiger charge is -2.11. The molecule has 2 aromatic heterocycles. The van der Waals surface area contributed by atoms with E-state index in [9.17, 15) is 9.90 Å². The minimum Gasteiger partial charge on any atom is -0.478 e. The van der Waals surface area contributed by atoms with Gasteiger partial charge in [-0.05, 0) is 24.6 Å². The highest BCUT2D eigenvalue weighted by atomic mass is 16.5.